The van der Waals surface area contributed by atoms with Gasteiger partial charge in [-0.1, -0.05) is 6.42 Å². The SMILES string of the molecule is COc1c(C(O)C2(C#N)CCC2)c(C)nn1C. The van der Waals surface area contributed by atoms with E-state index in [-0.39, 0.29) is 0 Å². The summed E-state index contributed by atoms with van der Waals surface area (Å²) < 4.78 is 6.85. The third-order valence-corrected chi connectivity index (χ3v) is 3.67. The number of aryl methyl sites for hydroxylation is 2. The topological polar surface area (TPSA) is 71.1 Å². The van der Waals surface area contributed by atoms with Gasteiger partial charge in [-0.25, -0.2) is 4.68 Å². The highest BCUT2D eigenvalue weighted by atomic mass is 16.5. The number of hydrogen-bond acceptors (Lipinski definition) is 4. The van der Waals surface area contributed by atoms with E-state index in [1.54, 1.807) is 18.8 Å². The lowest BCUT2D eigenvalue weighted by molar-refractivity contribution is 0.00593. The molecule has 1 aliphatic rings. The van der Waals surface area contributed by atoms with Crippen LogP contribution in [-0.2, 0) is 7.05 Å². The Morgan fingerprint density at radius 3 is 2.65 bits per heavy atom. The van der Waals surface area contributed by atoms with E-state index in [0.29, 0.717) is 11.4 Å². The number of nitriles is 1. The molecule has 0 saturated heterocycles. The summed E-state index contributed by atoms with van der Waals surface area (Å²) in [6, 6.07) is 2.26. The summed E-state index contributed by atoms with van der Waals surface area (Å²) in [5.41, 5.74) is 0.718. The number of aromatic nitrogens is 2. The lowest BCUT2D eigenvalue weighted by Crippen LogP contribution is -2.34. The first kappa shape index (κ1) is 11.9. The molecule has 0 bridgehead atoms. The van der Waals surface area contributed by atoms with Crippen molar-refractivity contribution < 1.29 is 9.84 Å². The van der Waals surface area contributed by atoms with E-state index < -0.39 is 11.5 Å². The largest absolute Gasteiger partial charge is 0.481 e. The maximum atomic E-state index is 10.4. The molecule has 5 nitrogen and oxygen atoms in total. The molecule has 1 N–H and O–H groups in total. The van der Waals surface area contributed by atoms with E-state index in [1.807, 2.05) is 6.92 Å². The Kier molecular flexibility index (Phi) is 2.84. The van der Waals surface area contributed by atoms with E-state index in [4.69, 9.17) is 4.74 Å². The molecule has 1 aromatic heterocycles. The van der Waals surface area contributed by atoms with Crippen molar-refractivity contribution in [1.29, 1.82) is 5.26 Å². The molecule has 0 aliphatic heterocycles. The molecular formula is C12H17N3O2. The first-order chi connectivity index (χ1) is 8.05. The van der Waals surface area contributed by atoms with Crippen LogP contribution in [0.15, 0.2) is 0 Å². The zero-order chi connectivity index (χ0) is 12.6. The number of aliphatic hydroxyl groups excluding tert-OH is 1. The molecule has 1 fully saturated rings. The van der Waals surface area contributed by atoms with Gasteiger partial charge in [0.05, 0.1) is 29.9 Å². The number of ether oxygens (including phenoxy) is 1. The van der Waals surface area contributed by atoms with Crippen LogP contribution in [0.1, 0.15) is 36.6 Å². The molecule has 2 rings (SSSR count). The second kappa shape index (κ2) is 4.04. The molecule has 1 unspecified atom stereocenters. The molecule has 0 radical (unpaired) electrons. The van der Waals surface area contributed by atoms with Gasteiger partial charge >= 0.3 is 0 Å². The summed E-state index contributed by atoms with van der Waals surface area (Å²) in [5, 5.41) is 23.9. The quantitative estimate of drug-likeness (QED) is 0.861. The summed E-state index contributed by atoms with van der Waals surface area (Å²) in [5.74, 6) is 0.538. The molecule has 5 heteroatoms. The second-order valence-corrected chi connectivity index (χ2v) is 4.66. The van der Waals surface area contributed by atoms with Crippen LogP contribution in [-0.4, -0.2) is 22.0 Å². The van der Waals surface area contributed by atoms with Crippen molar-refractivity contribution in [3.63, 3.8) is 0 Å². The zero-order valence-electron chi connectivity index (χ0n) is 10.4. The fraction of sp³-hybridized carbons (Fsp3) is 0.667. The van der Waals surface area contributed by atoms with Crippen LogP contribution in [0, 0.1) is 23.7 Å². The smallest absolute Gasteiger partial charge is 0.217 e. The maximum absolute atomic E-state index is 10.4. The molecule has 0 amide bonds. The van der Waals surface area contributed by atoms with Crippen molar-refractivity contribution in [2.75, 3.05) is 7.11 Å². The summed E-state index contributed by atoms with van der Waals surface area (Å²) in [6.45, 7) is 1.82. The number of rotatable bonds is 3. The fourth-order valence-corrected chi connectivity index (χ4v) is 2.49. The molecule has 92 valence electrons. The van der Waals surface area contributed by atoms with Crippen molar-refractivity contribution in [2.24, 2.45) is 12.5 Å². The van der Waals surface area contributed by atoms with Crippen molar-refractivity contribution in [3.05, 3.63) is 11.3 Å². The second-order valence-electron chi connectivity index (χ2n) is 4.66. The Bertz CT molecular complexity index is 469. The highest BCUT2D eigenvalue weighted by Crippen LogP contribution is 2.51. The summed E-state index contributed by atoms with van der Waals surface area (Å²) in [7, 11) is 3.31. The first-order valence-electron chi connectivity index (χ1n) is 5.72. The Labute approximate surface area is 101 Å². The van der Waals surface area contributed by atoms with E-state index >= 15 is 0 Å². The van der Waals surface area contributed by atoms with E-state index in [0.717, 1.165) is 25.0 Å². The maximum Gasteiger partial charge on any atom is 0.217 e. The number of aliphatic hydroxyl groups is 1. The van der Waals surface area contributed by atoms with Gasteiger partial charge in [-0.3, -0.25) is 0 Å². The first-order valence-corrected chi connectivity index (χ1v) is 5.72. The third kappa shape index (κ3) is 1.60. The third-order valence-electron chi connectivity index (χ3n) is 3.67. The van der Waals surface area contributed by atoms with E-state index in [9.17, 15) is 10.4 Å². The molecule has 1 saturated carbocycles. The monoisotopic (exact) mass is 235 g/mol. The molecule has 1 atom stereocenters. The molecule has 1 heterocycles. The fourth-order valence-electron chi connectivity index (χ4n) is 2.49. The van der Waals surface area contributed by atoms with Gasteiger partial charge in [0, 0.05) is 7.05 Å². The minimum Gasteiger partial charge on any atom is -0.481 e. The molecular weight excluding hydrogens is 218 g/mol. The summed E-state index contributed by atoms with van der Waals surface area (Å²) in [4.78, 5) is 0. The van der Waals surface area contributed by atoms with Crippen molar-refractivity contribution in [3.8, 4) is 11.9 Å². The van der Waals surface area contributed by atoms with Gasteiger partial charge in [-0.2, -0.15) is 10.4 Å². The zero-order valence-corrected chi connectivity index (χ0v) is 10.4. The summed E-state index contributed by atoms with van der Waals surface area (Å²) in [6.07, 6.45) is 1.65. The van der Waals surface area contributed by atoms with Crippen LogP contribution in [0.5, 0.6) is 5.88 Å². The van der Waals surface area contributed by atoms with Crippen LogP contribution in [0.4, 0.5) is 0 Å². The number of hydrogen-bond donors (Lipinski definition) is 1. The Morgan fingerprint density at radius 2 is 2.24 bits per heavy atom. The van der Waals surface area contributed by atoms with Crippen molar-refractivity contribution in [1.82, 2.24) is 9.78 Å². The summed E-state index contributed by atoms with van der Waals surface area (Å²) >= 11 is 0. The van der Waals surface area contributed by atoms with E-state index in [2.05, 4.69) is 11.2 Å². The van der Waals surface area contributed by atoms with Gasteiger partial charge in [-0.15, -0.1) is 0 Å². The van der Waals surface area contributed by atoms with Crippen LogP contribution >= 0.6 is 0 Å². The molecule has 0 aromatic carbocycles. The molecule has 0 spiro atoms. The Morgan fingerprint density at radius 1 is 1.59 bits per heavy atom. The van der Waals surface area contributed by atoms with Crippen LogP contribution in [0.3, 0.4) is 0 Å². The minimum absolute atomic E-state index is 0.538. The number of nitrogens with zero attached hydrogens (tertiary/aromatic N) is 3. The Hall–Kier alpha value is -1.54. The van der Waals surface area contributed by atoms with Gasteiger partial charge in [0.15, 0.2) is 0 Å². The molecule has 1 aromatic rings. The van der Waals surface area contributed by atoms with E-state index in [1.165, 1.54) is 0 Å². The van der Waals surface area contributed by atoms with Crippen molar-refractivity contribution in [2.45, 2.75) is 32.3 Å². The highest BCUT2D eigenvalue weighted by molar-refractivity contribution is 5.36. The lowest BCUT2D eigenvalue weighted by atomic mass is 9.64. The minimum atomic E-state index is -0.815. The molecule has 1 aliphatic carbocycles. The van der Waals surface area contributed by atoms with Gasteiger partial charge < -0.3 is 9.84 Å². The lowest BCUT2D eigenvalue weighted by Gasteiger charge is -2.39. The van der Waals surface area contributed by atoms with Crippen LogP contribution in [0.2, 0.25) is 0 Å². The normalized spacial score (nSPS) is 19.2. The highest BCUT2D eigenvalue weighted by Gasteiger charge is 2.47. The Balaban J connectivity index is 2.44. The van der Waals surface area contributed by atoms with Gasteiger partial charge in [0.25, 0.3) is 0 Å². The van der Waals surface area contributed by atoms with Gasteiger partial charge in [-0.05, 0) is 19.8 Å². The van der Waals surface area contributed by atoms with Crippen molar-refractivity contribution >= 4 is 0 Å². The average molecular weight is 235 g/mol. The van der Waals surface area contributed by atoms with Crippen LogP contribution < -0.4 is 4.74 Å². The van der Waals surface area contributed by atoms with Gasteiger partial charge in [0.2, 0.25) is 5.88 Å². The number of methoxy groups -OCH3 is 1. The van der Waals surface area contributed by atoms with Gasteiger partial charge in [0.1, 0.15) is 6.10 Å². The average Bonchev–Trinajstić information content (AvgIpc) is 2.51. The van der Waals surface area contributed by atoms with Crippen LogP contribution in [0.25, 0.3) is 0 Å². The predicted octanol–water partition coefficient (Wildman–Crippen LogP) is 1.46. The molecule has 17 heavy (non-hydrogen) atoms. The standard InChI is InChI=1S/C12H17N3O2/c1-8-9(11(17-3)15(2)14-8)10(16)12(7-13)5-4-6-12/h10,16H,4-6H2,1-3H3. The predicted molar refractivity (Wildman–Crippen MR) is 61.4 cm³/mol.